The molecule has 0 saturated carbocycles. The van der Waals surface area contributed by atoms with Gasteiger partial charge >= 0.3 is 0 Å². The highest BCUT2D eigenvalue weighted by atomic mass is 32.2. The predicted molar refractivity (Wildman–Crippen MR) is 136 cm³/mol. The molecule has 34 heavy (non-hydrogen) atoms. The lowest BCUT2D eigenvalue weighted by Gasteiger charge is -2.30. The molecule has 0 spiro atoms. The lowest BCUT2D eigenvalue weighted by atomic mass is 10.0. The van der Waals surface area contributed by atoms with Gasteiger partial charge in [0.25, 0.3) is 0 Å². The van der Waals surface area contributed by atoms with Crippen LogP contribution in [0.25, 0.3) is 22.0 Å². The molecule has 1 aromatic heterocycles. The van der Waals surface area contributed by atoms with E-state index < -0.39 is 10.0 Å². The maximum atomic E-state index is 12.1. The number of aromatic nitrogens is 2. The van der Waals surface area contributed by atoms with E-state index in [1.54, 1.807) is 0 Å². The van der Waals surface area contributed by atoms with Crippen LogP contribution < -0.4 is 14.9 Å². The van der Waals surface area contributed by atoms with Gasteiger partial charge in [-0.3, -0.25) is 4.72 Å². The van der Waals surface area contributed by atoms with Crippen molar-refractivity contribution in [3.63, 3.8) is 0 Å². The Morgan fingerprint density at radius 3 is 2.32 bits per heavy atom. The second kappa shape index (κ2) is 9.28. The van der Waals surface area contributed by atoms with Gasteiger partial charge in [0.05, 0.1) is 30.8 Å². The number of anilines is 4. The summed E-state index contributed by atoms with van der Waals surface area (Å²) >= 11 is 0. The van der Waals surface area contributed by atoms with Crippen LogP contribution in [-0.2, 0) is 14.8 Å². The molecule has 3 aromatic carbocycles. The quantitative estimate of drug-likeness (QED) is 0.430. The zero-order valence-corrected chi connectivity index (χ0v) is 19.5. The zero-order chi connectivity index (χ0) is 23.5. The average molecular weight is 476 g/mol. The molecule has 174 valence electrons. The summed E-state index contributed by atoms with van der Waals surface area (Å²) in [6, 6.07) is 23.4. The summed E-state index contributed by atoms with van der Waals surface area (Å²) in [7, 11) is -3.48. The van der Waals surface area contributed by atoms with Crippen LogP contribution in [0.1, 0.15) is 0 Å². The number of para-hydroxylation sites is 1. The molecule has 4 aromatic rings. The number of hydrogen-bond donors (Lipinski definition) is 2. The zero-order valence-electron chi connectivity index (χ0n) is 18.7. The van der Waals surface area contributed by atoms with Crippen molar-refractivity contribution >= 4 is 43.7 Å². The van der Waals surface area contributed by atoms with Crippen molar-refractivity contribution < 1.29 is 13.2 Å². The molecule has 0 aliphatic carbocycles. The first-order chi connectivity index (χ1) is 16.5. The summed E-state index contributed by atoms with van der Waals surface area (Å²) in [5.41, 5.74) is 3.71. The SMILES string of the molecule is CS(=O)(=O)Nc1cc(-c2nnc(Nc3ccccc3)c3ccccc23)ccc1N1CCOCC1. The van der Waals surface area contributed by atoms with Gasteiger partial charge in [-0.05, 0) is 24.3 Å². The van der Waals surface area contributed by atoms with Crippen molar-refractivity contribution in [2.75, 3.05) is 47.5 Å². The highest BCUT2D eigenvalue weighted by Crippen LogP contribution is 2.36. The van der Waals surface area contributed by atoms with E-state index in [0.717, 1.165) is 34.0 Å². The van der Waals surface area contributed by atoms with Crippen molar-refractivity contribution in [1.29, 1.82) is 0 Å². The topological polar surface area (TPSA) is 96.5 Å². The first-order valence-electron chi connectivity index (χ1n) is 11.0. The molecule has 0 amide bonds. The number of morpholine rings is 1. The monoisotopic (exact) mass is 475 g/mol. The minimum absolute atomic E-state index is 0.513. The Bertz CT molecular complexity index is 1420. The standard InChI is InChI=1S/C25H25N5O3S/c1-34(31,32)29-22-17-18(11-12-23(22)30-13-15-33-16-14-30)24-20-9-5-6-10-21(20)25(28-27-24)26-19-7-3-2-4-8-19/h2-12,17,29H,13-16H2,1H3,(H,26,28). The van der Waals surface area contributed by atoms with Gasteiger partial charge in [-0.25, -0.2) is 8.42 Å². The number of ether oxygens (including phenoxy) is 1. The first kappa shape index (κ1) is 22.1. The minimum atomic E-state index is -3.48. The molecule has 1 fully saturated rings. The Kier molecular flexibility index (Phi) is 6.04. The van der Waals surface area contributed by atoms with Crippen molar-refractivity contribution in [1.82, 2.24) is 10.2 Å². The van der Waals surface area contributed by atoms with E-state index in [1.165, 1.54) is 0 Å². The van der Waals surface area contributed by atoms with Crippen LogP contribution in [0.4, 0.5) is 22.9 Å². The Balaban J connectivity index is 1.59. The van der Waals surface area contributed by atoms with Gasteiger partial charge in [0.2, 0.25) is 10.0 Å². The van der Waals surface area contributed by atoms with Crippen molar-refractivity contribution in [2.45, 2.75) is 0 Å². The third-order valence-corrected chi connectivity index (χ3v) is 6.23. The molecule has 5 rings (SSSR count). The smallest absolute Gasteiger partial charge is 0.229 e. The molecular weight excluding hydrogens is 450 g/mol. The van der Waals surface area contributed by atoms with Crippen LogP contribution in [0.3, 0.4) is 0 Å². The largest absolute Gasteiger partial charge is 0.378 e. The first-order valence-corrected chi connectivity index (χ1v) is 12.9. The van der Waals surface area contributed by atoms with E-state index in [2.05, 4.69) is 25.1 Å². The van der Waals surface area contributed by atoms with Crippen LogP contribution in [0.2, 0.25) is 0 Å². The summed E-state index contributed by atoms with van der Waals surface area (Å²) in [4.78, 5) is 2.12. The molecular formula is C25H25N5O3S. The Labute approximate surface area is 198 Å². The number of nitrogens with one attached hydrogen (secondary N) is 2. The van der Waals surface area contributed by atoms with E-state index in [4.69, 9.17) is 4.74 Å². The molecule has 0 bridgehead atoms. The van der Waals surface area contributed by atoms with E-state index in [9.17, 15) is 8.42 Å². The van der Waals surface area contributed by atoms with E-state index in [-0.39, 0.29) is 0 Å². The fraction of sp³-hybridized carbons (Fsp3) is 0.200. The number of sulfonamides is 1. The maximum absolute atomic E-state index is 12.1. The van der Waals surface area contributed by atoms with Crippen LogP contribution in [0.15, 0.2) is 72.8 Å². The molecule has 8 nitrogen and oxygen atoms in total. The number of hydrogen-bond acceptors (Lipinski definition) is 7. The normalized spacial score (nSPS) is 14.2. The van der Waals surface area contributed by atoms with Gasteiger partial charge in [0.15, 0.2) is 5.82 Å². The molecule has 9 heteroatoms. The Hall–Kier alpha value is -3.69. The molecule has 0 unspecified atom stereocenters. The van der Waals surface area contributed by atoms with E-state index >= 15 is 0 Å². The van der Waals surface area contributed by atoms with Gasteiger partial charge in [-0.15, -0.1) is 10.2 Å². The lowest BCUT2D eigenvalue weighted by molar-refractivity contribution is 0.123. The number of rotatable bonds is 6. The fourth-order valence-corrected chi connectivity index (χ4v) is 4.68. The predicted octanol–water partition coefficient (Wildman–Crippen LogP) is 4.25. The molecule has 1 aliphatic rings. The highest BCUT2D eigenvalue weighted by molar-refractivity contribution is 7.92. The second-order valence-corrected chi connectivity index (χ2v) is 9.89. The van der Waals surface area contributed by atoms with Gasteiger partial charge in [-0.2, -0.15) is 0 Å². The van der Waals surface area contributed by atoms with Crippen LogP contribution in [-0.4, -0.2) is 51.2 Å². The van der Waals surface area contributed by atoms with E-state index in [0.29, 0.717) is 43.5 Å². The molecule has 0 radical (unpaired) electrons. The van der Waals surface area contributed by atoms with Gasteiger partial charge in [-0.1, -0.05) is 48.5 Å². The van der Waals surface area contributed by atoms with Crippen LogP contribution >= 0.6 is 0 Å². The maximum Gasteiger partial charge on any atom is 0.229 e. The molecule has 1 saturated heterocycles. The van der Waals surface area contributed by atoms with Gasteiger partial charge < -0.3 is 15.0 Å². The molecule has 1 aliphatic heterocycles. The highest BCUT2D eigenvalue weighted by Gasteiger charge is 2.19. The average Bonchev–Trinajstić information content (AvgIpc) is 2.84. The van der Waals surface area contributed by atoms with Gasteiger partial charge in [0, 0.05) is 35.1 Å². The number of fused-ring (bicyclic) bond motifs is 1. The molecule has 2 heterocycles. The van der Waals surface area contributed by atoms with Gasteiger partial charge in [0.1, 0.15) is 5.69 Å². The summed E-state index contributed by atoms with van der Waals surface area (Å²) in [5, 5.41) is 14.2. The van der Waals surface area contributed by atoms with Crippen molar-refractivity contribution in [3.8, 4) is 11.3 Å². The summed E-state index contributed by atoms with van der Waals surface area (Å²) < 4.78 is 32.4. The summed E-state index contributed by atoms with van der Waals surface area (Å²) in [5.74, 6) is 0.657. The van der Waals surface area contributed by atoms with Crippen LogP contribution in [0.5, 0.6) is 0 Å². The third kappa shape index (κ3) is 4.80. The minimum Gasteiger partial charge on any atom is -0.378 e. The Morgan fingerprint density at radius 1 is 0.882 bits per heavy atom. The van der Waals surface area contributed by atoms with Crippen molar-refractivity contribution in [3.05, 3.63) is 72.8 Å². The summed E-state index contributed by atoms with van der Waals surface area (Å²) in [6.07, 6.45) is 1.15. The second-order valence-electron chi connectivity index (χ2n) is 8.14. The fourth-order valence-electron chi connectivity index (χ4n) is 4.11. The van der Waals surface area contributed by atoms with Crippen molar-refractivity contribution in [2.24, 2.45) is 0 Å². The van der Waals surface area contributed by atoms with E-state index in [1.807, 2.05) is 72.8 Å². The molecule has 2 N–H and O–H groups in total. The number of benzene rings is 3. The molecule has 0 atom stereocenters. The number of nitrogens with zero attached hydrogens (tertiary/aromatic N) is 3. The Morgan fingerprint density at radius 2 is 1.59 bits per heavy atom. The van der Waals surface area contributed by atoms with Crippen LogP contribution in [0, 0.1) is 0 Å². The summed E-state index contributed by atoms with van der Waals surface area (Å²) in [6.45, 7) is 2.60. The lowest BCUT2D eigenvalue weighted by Crippen LogP contribution is -2.36. The third-order valence-electron chi connectivity index (χ3n) is 5.64.